The fourth-order valence-electron chi connectivity index (χ4n) is 4.93. The summed E-state index contributed by atoms with van der Waals surface area (Å²) in [6, 6.07) is 1.20. The standard InChI is InChI=1S/C27H30F6N2O6/c1-7-41-25(37)34-14(2)8-20(19-12-22(38-4)23(39-5)13-21(19)34)35(24(36)40-6)15(3)16-9-17(26(28,29)30)11-18(10-16)27(31,32)33/h9-15,20H,7-8H2,1-6H3/t14-,15?,20+/m0/s1. The van der Waals surface area contributed by atoms with Gasteiger partial charge in [0.1, 0.15) is 0 Å². The van der Waals surface area contributed by atoms with E-state index in [1.54, 1.807) is 13.8 Å². The van der Waals surface area contributed by atoms with Crippen molar-refractivity contribution in [3.8, 4) is 11.5 Å². The fourth-order valence-corrected chi connectivity index (χ4v) is 4.93. The van der Waals surface area contributed by atoms with Gasteiger partial charge in [-0.3, -0.25) is 9.80 Å². The third-order valence-electron chi connectivity index (χ3n) is 6.85. The van der Waals surface area contributed by atoms with E-state index in [9.17, 15) is 35.9 Å². The number of alkyl halides is 6. The van der Waals surface area contributed by atoms with Crippen LogP contribution in [0.4, 0.5) is 41.6 Å². The lowest BCUT2D eigenvalue weighted by Gasteiger charge is -2.44. The van der Waals surface area contributed by atoms with Crippen LogP contribution in [0.5, 0.6) is 11.5 Å². The molecule has 0 saturated heterocycles. The lowest BCUT2D eigenvalue weighted by Crippen LogP contribution is -2.48. The maximum atomic E-state index is 13.6. The number of fused-ring (bicyclic) bond motifs is 1. The molecule has 1 heterocycles. The Morgan fingerprint density at radius 2 is 1.49 bits per heavy atom. The Balaban J connectivity index is 2.27. The molecule has 2 aromatic rings. The second-order valence-electron chi connectivity index (χ2n) is 9.33. The SMILES string of the molecule is CCOC(=O)N1c2cc(OC)c(OC)cc2[C@H](N(C(=O)OC)C(C)c2cc(C(F)(F)F)cc(C(F)(F)F)c2)C[C@@H]1C. The van der Waals surface area contributed by atoms with Gasteiger partial charge in [0.15, 0.2) is 11.5 Å². The summed E-state index contributed by atoms with van der Waals surface area (Å²) in [5.41, 5.74) is -2.88. The van der Waals surface area contributed by atoms with Gasteiger partial charge >= 0.3 is 24.5 Å². The minimum Gasteiger partial charge on any atom is -0.493 e. The minimum absolute atomic E-state index is 0.0189. The summed E-state index contributed by atoms with van der Waals surface area (Å²) in [6.07, 6.45) is -11.8. The van der Waals surface area contributed by atoms with E-state index in [0.29, 0.717) is 17.7 Å². The number of amides is 2. The predicted octanol–water partition coefficient (Wildman–Crippen LogP) is 7.37. The van der Waals surface area contributed by atoms with Gasteiger partial charge in [-0.1, -0.05) is 0 Å². The summed E-state index contributed by atoms with van der Waals surface area (Å²) in [4.78, 5) is 28.5. The Labute approximate surface area is 232 Å². The molecule has 226 valence electrons. The van der Waals surface area contributed by atoms with E-state index < -0.39 is 59.4 Å². The third-order valence-corrected chi connectivity index (χ3v) is 6.85. The molecule has 1 unspecified atom stereocenters. The maximum Gasteiger partial charge on any atom is 0.416 e. The number of carbonyl (C=O) groups excluding carboxylic acids is 2. The summed E-state index contributed by atoms with van der Waals surface area (Å²) in [7, 11) is 3.77. The molecule has 14 heteroatoms. The first-order valence-electron chi connectivity index (χ1n) is 12.5. The highest BCUT2D eigenvalue weighted by Crippen LogP contribution is 2.48. The van der Waals surface area contributed by atoms with Crippen molar-refractivity contribution in [1.82, 2.24) is 4.90 Å². The first kappa shape index (κ1) is 31.7. The number of halogens is 6. The zero-order valence-electron chi connectivity index (χ0n) is 23.1. The predicted molar refractivity (Wildman–Crippen MR) is 135 cm³/mol. The average Bonchev–Trinajstić information content (AvgIpc) is 2.90. The Kier molecular flexibility index (Phi) is 9.24. The molecule has 3 rings (SSSR count). The molecule has 0 radical (unpaired) electrons. The van der Waals surface area contributed by atoms with E-state index in [1.165, 1.54) is 38.2 Å². The second kappa shape index (κ2) is 12.0. The number of nitrogens with zero attached hydrogens (tertiary/aromatic N) is 2. The van der Waals surface area contributed by atoms with Crippen LogP contribution in [0.15, 0.2) is 30.3 Å². The van der Waals surface area contributed by atoms with Crippen molar-refractivity contribution in [2.24, 2.45) is 0 Å². The zero-order chi connectivity index (χ0) is 30.9. The van der Waals surface area contributed by atoms with Crippen molar-refractivity contribution in [2.45, 2.75) is 57.7 Å². The van der Waals surface area contributed by atoms with E-state index in [4.69, 9.17) is 18.9 Å². The summed E-state index contributed by atoms with van der Waals surface area (Å²) in [5, 5.41) is 0. The number of methoxy groups -OCH3 is 3. The summed E-state index contributed by atoms with van der Waals surface area (Å²) < 4.78 is 103. The van der Waals surface area contributed by atoms with Crippen molar-refractivity contribution in [3.05, 3.63) is 52.6 Å². The van der Waals surface area contributed by atoms with Crippen LogP contribution in [0.25, 0.3) is 0 Å². The van der Waals surface area contributed by atoms with Crippen LogP contribution in [0.2, 0.25) is 0 Å². The summed E-state index contributed by atoms with van der Waals surface area (Å²) in [6.45, 7) is 4.65. The van der Waals surface area contributed by atoms with Crippen LogP contribution in [0, 0.1) is 0 Å². The smallest absolute Gasteiger partial charge is 0.416 e. The first-order chi connectivity index (χ1) is 19.1. The van der Waals surface area contributed by atoms with Gasteiger partial charge in [-0.15, -0.1) is 0 Å². The van der Waals surface area contributed by atoms with Crippen LogP contribution < -0.4 is 14.4 Å². The molecule has 0 N–H and O–H groups in total. The van der Waals surface area contributed by atoms with Crippen LogP contribution in [-0.2, 0) is 21.8 Å². The van der Waals surface area contributed by atoms with Gasteiger partial charge in [0.05, 0.1) is 56.8 Å². The monoisotopic (exact) mass is 592 g/mol. The van der Waals surface area contributed by atoms with Crippen molar-refractivity contribution < 1.29 is 54.9 Å². The maximum absolute atomic E-state index is 13.6. The molecule has 1 aliphatic rings. The molecule has 0 bridgehead atoms. The lowest BCUT2D eigenvalue weighted by atomic mass is 9.88. The number of benzene rings is 2. The van der Waals surface area contributed by atoms with E-state index in [1.807, 2.05) is 0 Å². The van der Waals surface area contributed by atoms with Gasteiger partial charge in [-0.25, -0.2) is 9.59 Å². The molecule has 41 heavy (non-hydrogen) atoms. The van der Waals surface area contributed by atoms with Crippen LogP contribution in [0.1, 0.15) is 61.5 Å². The topological polar surface area (TPSA) is 77.5 Å². The number of hydrogen-bond acceptors (Lipinski definition) is 6. The van der Waals surface area contributed by atoms with E-state index in [0.717, 1.165) is 12.0 Å². The number of rotatable bonds is 6. The number of carbonyl (C=O) groups is 2. The summed E-state index contributed by atoms with van der Waals surface area (Å²) in [5.74, 6) is 0.448. The molecule has 0 fully saturated rings. The number of ether oxygens (including phenoxy) is 4. The fraction of sp³-hybridized carbons (Fsp3) is 0.481. The first-order valence-corrected chi connectivity index (χ1v) is 12.5. The van der Waals surface area contributed by atoms with E-state index in [2.05, 4.69) is 0 Å². The number of hydrogen-bond donors (Lipinski definition) is 0. The van der Waals surface area contributed by atoms with Gasteiger partial charge in [0.2, 0.25) is 0 Å². The Morgan fingerprint density at radius 3 is 1.95 bits per heavy atom. The molecular weight excluding hydrogens is 562 g/mol. The lowest BCUT2D eigenvalue weighted by molar-refractivity contribution is -0.143. The largest absolute Gasteiger partial charge is 0.493 e. The van der Waals surface area contributed by atoms with Gasteiger partial charge < -0.3 is 18.9 Å². The third kappa shape index (κ3) is 6.41. The highest BCUT2D eigenvalue weighted by molar-refractivity contribution is 5.91. The highest BCUT2D eigenvalue weighted by atomic mass is 19.4. The van der Waals surface area contributed by atoms with Gasteiger partial charge in [-0.2, -0.15) is 26.3 Å². The molecule has 8 nitrogen and oxygen atoms in total. The zero-order valence-corrected chi connectivity index (χ0v) is 23.1. The van der Waals surface area contributed by atoms with Crippen molar-refractivity contribution in [2.75, 3.05) is 32.8 Å². The second-order valence-corrected chi connectivity index (χ2v) is 9.33. The van der Waals surface area contributed by atoms with Crippen molar-refractivity contribution >= 4 is 17.9 Å². The molecule has 0 saturated carbocycles. The highest BCUT2D eigenvalue weighted by Gasteiger charge is 2.43. The minimum atomic E-state index is -5.08. The van der Waals surface area contributed by atoms with E-state index >= 15 is 0 Å². The van der Waals surface area contributed by atoms with Crippen LogP contribution in [0.3, 0.4) is 0 Å². The average molecular weight is 593 g/mol. The van der Waals surface area contributed by atoms with Crippen molar-refractivity contribution in [3.63, 3.8) is 0 Å². The van der Waals surface area contributed by atoms with Gasteiger partial charge in [0, 0.05) is 17.7 Å². The van der Waals surface area contributed by atoms with Crippen molar-refractivity contribution in [1.29, 1.82) is 0 Å². The summed E-state index contributed by atoms with van der Waals surface area (Å²) >= 11 is 0. The molecule has 0 spiro atoms. The molecular formula is C27H30F6N2O6. The normalized spacial score (nSPS) is 17.8. The molecule has 0 aliphatic carbocycles. The Morgan fingerprint density at radius 1 is 0.951 bits per heavy atom. The molecule has 1 aliphatic heterocycles. The van der Waals surface area contributed by atoms with E-state index in [-0.39, 0.29) is 36.3 Å². The Hall–Kier alpha value is -3.84. The van der Waals surface area contributed by atoms with Crippen LogP contribution >= 0.6 is 0 Å². The number of anilines is 1. The van der Waals surface area contributed by atoms with Crippen LogP contribution in [-0.4, -0.2) is 51.1 Å². The molecule has 2 amide bonds. The quantitative estimate of drug-likeness (QED) is 0.326. The van der Waals surface area contributed by atoms with Gasteiger partial charge in [-0.05, 0) is 57.0 Å². The Bertz CT molecular complexity index is 1250. The molecule has 0 aromatic heterocycles. The molecule has 2 aromatic carbocycles. The van der Waals surface area contributed by atoms with Gasteiger partial charge in [0.25, 0.3) is 0 Å². The molecule has 3 atom stereocenters.